The third kappa shape index (κ3) is 6.20. The number of guanidine groups is 1. The van der Waals surface area contributed by atoms with Gasteiger partial charge in [0.25, 0.3) is 0 Å². The van der Waals surface area contributed by atoms with Crippen molar-refractivity contribution in [3.05, 3.63) is 53.9 Å². The van der Waals surface area contributed by atoms with Gasteiger partial charge in [-0.15, -0.1) is 24.0 Å². The molecule has 1 N–H and O–H groups in total. The normalized spacial score (nSPS) is 16.0. The fraction of sp³-hybridized carbons (Fsp3) is 0.524. The molecule has 6 nitrogen and oxygen atoms in total. The van der Waals surface area contributed by atoms with Gasteiger partial charge in [0.15, 0.2) is 5.96 Å². The molecule has 2 heterocycles. The summed E-state index contributed by atoms with van der Waals surface area (Å²) >= 11 is 0. The summed E-state index contributed by atoms with van der Waals surface area (Å²) in [4.78, 5) is 9.75. The summed E-state index contributed by atoms with van der Waals surface area (Å²) in [6.45, 7) is 13.1. The summed E-state index contributed by atoms with van der Waals surface area (Å²) in [5, 5.41) is 7.48. The number of nitrogens with one attached hydrogen (secondary N) is 1. The Morgan fingerprint density at radius 1 is 1.14 bits per heavy atom. The molecule has 0 unspecified atom stereocenters. The van der Waals surface area contributed by atoms with Crippen LogP contribution >= 0.6 is 24.0 Å². The van der Waals surface area contributed by atoms with Crippen molar-refractivity contribution in [2.45, 2.75) is 32.7 Å². The van der Waals surface area contributed by atoms with Crippen molar-refractivity contribution in [3.63, 3.8) is 0 Å². The Balaban J connectivity index is 0.00000280. The van der Waals surface area contributed by atoms with Crippen molar-refractivity contribution in [2.24, 2.45) is 4.99 Å². The molecule has 0 amide bonds. The molecule has 28 heavy (non-hydrogen) atoms. The van der Waals surface area contributed by atoms with E-state index in [-0.39, 0.29) is 29.4 Å². The van der Waals surface area contributed by atoms with Crippen LogP contribution in [-0.2, 0) is 12.0 Å². The van der Waals surface area contributed by atoms with E-state index >= 15 is 0 Å². The maximum atomic E-state index is 4.97. The predicted molar refractivity (Wildman–Crippen MR) is 124 cm³/mol. The largest absolute Gasteiger partial charge is 0.364 e. The predicted octanol–water partition coefficient (Wildman–Crippen LogP) is 3.35. The summed E-state index contributed by atoms with van der Waals surface area (Å²) in [6.07, 6.45) is 1.63. The summed E-state index contributed by atoms with van der Waals surface area (Å²) in [5.41, 5.74) is 2.33. The van der Waals surface area contributed by atoms with Crippen LogP contribution in [-0.4, -0.2) is 60.2 Å². The zero-order chi connectivity index (χ0) is 19.1. The summed E-state index contributed by atoms with van der Waals surface area (Å²) < 4.78 is 4.93. The fourth-order valence-corrected chi connectivity index (χ4v) is 3.34. The van der Waals surface area contributed by atoms with Crippen LogP contribution in [0.4, 0.5) is 0 Å². The van der Waals surface area contributed by atoms with Crippen molar-refractivity contribution in [1.82, 2.24) is 20.3 Å². The number of hydrogen-bond donors (Lipinski definition) is 1. The first-order valence-electron chi connectivity index (χ1n) is 9.79. The molecule has 1 aliphatic heterocycles. The molecule has 3 rings (SSSR count). The number of nitrogens with zero attached hydrogens (tertiary/aromatic N) is 4. The van der Waals surface area contributed by atoms with Gasteiger partial charge < -0.3 is 14.7 Å². The van der Waals surface area contributed by atoms with Gasteiger partial charge in [-0.2, -0.15) is 0 Å². The monoisotopic (exact) mass is 497 g/mol. The van der Waals surface area contributed by atoms with Gasteiger partial charge >= 0.3 is 0 Å². The van der Waals surface area contributed by atoms with Gasteiger partial charge in [0.05, 0.1) is 12.2 Å². The van der Waals surface area contributed by atoms with Gasteiger partial charge in [-0.1, -0.05) is 49.3 Å². The standard InChI is InChI=1S/C21H31N5O.HI/c1-4-22-20(23-17-21(2,3)18-8-6-5-7-9-18)26-13-11-25(12-14-26)16-19-10-15-27-24-19;/h5-10,15H,4,11-14,16-17H2,1-3H3,(H,22,23);1H. The number of hydrogen-bond acceptors (Lipinski definition) is 4. The van der Waals surface area contributed by atoms with E-state index in [2.05, 4.69) is 71.4 Å². The lowest BCUT2D eigenvalue weighted by Crippen LogP contribution is -2.52. The highest BCUT2D eigenvalue weighted by Gasteiger charge is 2.23. The van der Waals surface area contributed by atoms with Gasteiger partial charge in [-0.05, 0) is 12.5 Å². The van der Waals surface area contributed by atoms with Gasteiger partial charge in [0.2, 0.25) is 0 Å². The zero-order valence-corrected chi connectivity index (χ0v) is 19.4. The lowest BCUT2D eigenvalue weighted by atomic mass is 9.85. The zero-order valence-electron chi connectivity index (χ0n) is 17.1. The quantitative estimate of drug-likeness (QED) is 0.377. The van der Waals surface area contributed by atoms with E-state index in [4.69, 9.17) is 9.52 Å². The summed E-state index contributed by atoms with van der Waals surface area (Å²) in [5.74, 6) is 1.02. The second kappa shape index (κ2) is 10.8. The highest BCUT2D eigenvalue weighted by molar-refractivity contribution is 14.0. The summed E-state index contributed by atoms with van der Waals surface area (Å²) in [6, 6.07) is 12.6. The Morgan fingerprint density at radius 2 is 1.86 bits per heavy atom. The maximum Gasteiger partial charge on any atom is 0.194 e. The lowest BCUT2D eigenvalue weighted by Gasteiger charge is -2.36. The number of piperazine rings is 1. The van der Waals surface area contributed by atoms with Gasteiger partial charge in [0, 0.05) is 50.7 Å². The SMILES string of the molecule is CCNC(=NCC(C)(C)c1ccccc1)N1CCN(Cc2ccon2)CC1.I. The Bertz CT molecular complexity index is 710. The van der Waals surface area contributed by atoms with E-state index in [0.717, 1.165) is 57.5 Å². The van der Waals surface area contributed by atoms with Crippen molar-refractivity contribution in [3.8, 4) is 0 Å². The minimum atomic E-state index is 0. The molecule has 0 radical (unpaired) electrons. The van der Waals surface area contributed by atoms with E-state index in [1.165, 1.54) is 5.56 Å². The minimum absolute atomic E-state index is 0. The maximum absolute atomic E-state index is 4.97. The fourth-order valence-electron chi connectivity index (χ4n) is 3.34. The van der Waals surface area contributed by atoms with Crippen molar-refractivity contribution < 1.29 is 4.52 Å². The molecule has 1 fully saturated rings. The highest BCUT2D eigenvalue weighted by Crippen LogP contribution is 2.23. The van der Waals surface area contributed by atoms with E-state index < -0.39 is 0 Å². The van der Waals surface area contributed by atoms with E-state index in [1.807, 2.05) is 6.07 Å². The van der Waals surface area contributed by atoms with E-state index in [1.54, 1.807) is 6.26 Å². The van der Waals surface area contributed by atoms with Crippen molar-refractivity contribution >= 4 is 29.9 Å². The summed E-state index contributed by atoms with van der Waals surface area (Å²) in [7, 11) is 0. The number of rotatable bonds is 6. The number of halogens is 1. The average molecular weight is 497 g/mol. The van der Waals surface area contributed by atoms with Gasteiger partial charge in [-0.25, -0.2) is 0 Å². The third-order valence-corrected chi connectivity index (χ3v) is 5.06. The molecule has 7 heteroatoms. The molecule has 0 spiro atoms. The molecule has 154 valence electrons. The van der Waals surface area contributed by atoms with Gasteiger partial charge in [0.1, 0.15) is 6.26 Å². The number of aromatic nitrogens is 1. The highest BCUT2D eigenvalue weighted by atomic mass is 127. The van der Waals surface area contributed by atoms with Crippen LogP contribution in [0.25, 0.3) is 0 Å². The average Bonchev–Trinajstić information content (AvgIpc) is 3.20. The molecule has 1 aromatic heterocycles. The molecule has 0 atom stereocenters. The molecular formula is C21H32IN5O. The van der Waals surface area contributed by atoms with Crippen LogP contribution in [0.5, 0.6) is 0 Å². The van der Waals surface area contributed by atoms with Crippen LogP contribution < -0.4 is 5.32 Å². The van der Waals surface area contributed by atoms with Crippen molar-refractivity contribution in [1.29, 1.82) is 0 Å². The Morgan fingerprint density at radius 3 is 2.46 bits per heavy atom. The van der Waals surface area contributed by atoms with Crippen LogP contribution in [0, 0.1) is 0 Å². The van der Waals surface area contributed by atoms with Crippen LogP contribution in [0.3, 0.4) is 0 Å². The molecule has 2 aromatic rings. The number of benzene rings is 1. The Hall–Kier alpha value is -1.61. The first kappa shape index (κ1) is 22.7. The van der Waals surface area contributed by atoms with Crippen molar-refractivity contribution in [2.75, 3.05) is 39.3 Å². The molecule has 0 bridgehead atoms. The van der Waals surface area contributed by atoms with E-state index in [9.17, 15) is 0 Å². The Kier molecular flexibility index (Phi) is 8.75. The lowest BCUT2D eigenvalue weighted by molar-refractivity contribution is 0.169. The molecule has 0 aliphatic carbocycles. The first-order chi connectivity index (χ1) is 13.1. The van der Waals surface area contributed by atoms with Crippen LogP contribution in [0.2, 0.25) is 0 Å². The second-order valence-corrected chi connectivity index (χ2v) is 7.67. The van der Waals surface area contributed by atoms with E-state index in [0.29, 0.717) is 0 Å². The molecular weight excluding hydrogens is 465 g/mol. The molecule has 0 saturated carbocycles. The minimum Gasteiger partial charge on any atom is -0.364 e. The van der Waals surface area contributed by atoms with Gasteiger partial charge in [-0.3, -0.25) is 9.89 Å². The molecule has 1 aromatic carbocycles. The third-order valence-electron chi connectivity index (χ3n) is 5.06. The smallest absolute Gasteiger partial charge is 0.194 e. The first-order valence-corrected chi connectivity index (χ1v) is 9.79. The Labute approximate surface area is 185 Å². The van der Waals surface area contributed by atoms with Crippen LogP contribution in [0.15, 0.2) is 52.2 Å². The molecule has 1 aliphatic rings. The van der Waals surface area contributed by atoms with Crippen LogP contribution in [0.1, 0.15) is 32.0 Å². The number of aliphatic imine (C=N–C) groups is 1. The second-order valence-electron chi connectivity index (χ2n) is 7.67. The molecule has 1 saturated heterocycles. The topological polar surface area (TPSA) is 56.9 Å².